The van der Waals surface area contributed by atoms with E-state index in [9.17, 15) is 45.3 Å². The first-order valence-corrected chi connectivity index (χ1v) is 24.6. The highest BCUT2D eigenvalue weighted by Crippen LogP contribution is 2.26. The van der Waals surface area contributed by atoms with Gasteiger partial charge in [0.1, 0.15) is 55.4 Å². The lowest BCUT2D eigenvalue weighted by Gasteiger charge is -2.42. The number of unbranched alkanes of at least 4 members (excludes halogenated alkanes) is 17. The van der Waals surface area contributed by atoms with E-state index in [-0.39, 0.29) is 26.1 Å². The molecule has 0 aromatic heterocycles. The van der Waals surface area contributed by atoms with Crippen LogP contribution < -0.4 is 0 Å². The maximum atomic E-state index is 13.0. The van der Waals surface area contributed by atoms with Crippen LogP contribution in [-0.4, -0.2) is 142 Å². The molecule has 15 heteroatoms. The third-order valence-corrected chi connectivity index (χ3v) is 11.6. The minimum atomic E-state index is -1.77. The lowest BCUT2D eigenvalue weighted by atomic mass is 9.98. The van der Waals surface area contributed by atoms with E-state index in [1.165, 1.54) is 38.5 Å². The van der Waals surface area contributed by atoms with Gasteiger partial charge in [0.2, 0.25) is 0 Å². The number of aliphatic hydroxyl groups is 7. The molecule has 0 aromatic rings. The first-order chi connectivity index (χ1) is 31.0. The van der Waals surface area contributed by atoms with Crippen LogP contribution in [0, 0.1) is 0 Å². The summed E-state index contributed by atoms with van der Waals surface area (Å²) in [7, 11) is 0. The molecule has 0 amide bonds. The van der Waals surface area contributed by atoms with E-state index in [1.54, 1.807) is 0 Å². The molecular weight excluding hydrogens is 829 g/mol. The van der Waals surface area contributed by atoms with Crippen molar-refractivity contribution in [2.75, 3.05) is 26.4 Å². The molecule has 15 nitrogen and oxygen atoms in total. The smallest absolute Gasteiger partial charge is 0.306 e. The first kappa shape index (κ1) is 57.8. The normalized spacial score (nSPS) is 26.9. The van der Waals surface area contributed by atoms with E-state index >= 15 is 0 Å². The Morgan fingerprint density at radius 1 is 0.500 bits per heavy atom. The number of hydrogen-bond acceptors (Lipinski definition) is 15. The molecule has 0 spiro atoms. The molecule has 372 valence electrons. The number of carbonyl (C=O) groups is 2. The van der Waals surface area contributed by atoms with Crippen molar-refractivity contribution in [3.8, 4) is 0 Å². The van der Waals surface area contributed by atoms with Crippen LogP contribution >= 0.6 is 0 Å². The second kappa shape index (κ2) is 36.8. The molecule has 2 aliphatic rings. The molecule has 2 saturated heterocycles. The zero-order chi connectivity index (χ0) is 46.8. The average Bonchev–Trinajstić information content (AvgIpc) is 3.29. The Hall–Kier alpha value is -2.28. The number of hydrogen-bond donors (Lipinski definition) is 7. The van der Waals surface area contributed by atoms with Crippen molar-refractivity contribution in [1.82, 2.24) is 0 Å². The van der Waals surface area contributed by atoms with Gasteiger partial charge >= 0.3 is 11.9 Å². The summed E-state index contributed by atoms with van der Waals surface area (Å²) in [5.74, 6) is -0.947. The minimum absolute atomic E-state index is 0.154. The molecule has 64 heavy (non-hydrogen) atoms. The van der Waals surface area contributed by atoms with Crippen molar-refractivity contribution in [3.05, 3.63) is 36.5 Å². The largest absolute Gasteiger partial charge is 0.462 e. The second-order valence-corrected chi connectivity index (χ2v) is 17.3. The number of aliphatic hydroxyl groups excluding tert-OH is 7. The van der Waals surface area contributed by atoms with Gasteiger partial charge in [-0.1, -0.05) is 127 Å². The molecule has 2 rings (SSSR count). The highest BCUT2D eigenvalue weighted by Gasteiger charge is 2.47. The molecule has 0 bridgehead atoms. The summed E-state index contributed by atoms with van der Waals surface area (Å²) in [5.41, 5.74) is 0. The fourth-order valence-electron chi connectivity index (χ4n) is 7.48. The predicted molar refractivity (Wildman–Crippen MR) is 243 cm³/mol. The molecule has 0 aliphatic carbocycles. The quantitative estimate of drug-likeness (QED) is 0.0211. The Morgan fingerprint density at radius 2 is 0.969 bits per heavy atom. The summed E-state index contributed by atoms with van der Waals surface area (Å²) in [4.78, 5) is 25.6. The fourth-order valence-corrected chi connectivity index (χ4v) is 7.48. The van der Waals surface area contributed by atoms with Crippen molar-refractivity contribution in [3.63, 3.8) is 0 Å². The molecule has 2 fully saturated rings. The van der Waals surface area contributed by atoms with Gasteiger partial charge < -0.3 is 64.2 Å². The lowest BCUT2D eigenvalue weighted by Crippen LogP contribution is -2.61. The van der Waals surface area contributed by atoms with Crippen molar-refractivity contribution < 1.29 is 73.8 Å². The van der Waals surface area contributed by atoms with Gasteiger partial charge in [-0.05, 0) is 64.2 Å². The van der Waals surface area contributed by atoms with E-state index in [2.05, 4.69) is 50.3 Å². The van der Waals surface area contributed by atoms with E-state index < -0.39 is 92.7 Å². The molecule has 0 radical (unpaired) electrons. The Labute approximate surface area is 383 Å². The number of esters is 2. The van der Waals surface area contributed by atoms with Gasteiger partial charge in [0, 0.05) is 12.8 Å². The van der Waals surface area contributed by atoms with Crippen molar-refractivity contribution in [2.24, 2.45) is 0 Å². The zero-order valence-electron chi connectivity index (χ0n) is 39.0. The molecule has 0 aromatic carbocycles. The highest BCUT2D eigenvalue weighted by atomic mass is 16.7. The molecule has 11 unspecified atom stereocenters. The molecule has 0 saturated carbocycles. The summed E-state index contributed by atoms with van der Waals surface area (Å²) in [6.07, 6.45) is 20.4. The van der Waals surface area contributed by atoms with Crippen LogP contribution in [0.3, 0.4) is 0 Å². The predicted octanol–water partition coefficient (Wildman–Crippen LogP) is 6.15. The summed E-state index contributed by atoms with van der Waals surface area (Å²) in [5, 5.41) is 71.9. The van der Waals surface area contributed by atoms with E-state index in [1.807, 2.05) is 0 Å². The Bertz CT molecular complexity index is 1260. The molecular formula is C49H86O15. The van der Waals surface area contributed by atoms with Crippen LogP contribution in [0.15, 0.2) is 36.5 Å². The van der Waals surface area contributed by atoms with E-state index in [4.69, 9.17) is 28.4 Å². The van der Waals surface area contributed by atoms with Gasteiger partial charge in [0.05, 0.1) is 19.8 Å². The van der Waals surface area contributed by atoms with Crippen molar-refractivity contribution in [2.45, 2.75) is 235 Å². The molecule has 2 heterocycles. The Kier molecular flexibility index (Phi) is 33.3. The van der Waals surface area contributed by atoms with Crippen molar-refractivity contribution >= 4 is 11.9 Å². The van der Waals surface area contributed by atoms with Gasteiger partial charge in [-0.2, -0.15) is 0 Å². The average molecular weight is 915 g/mol. The number of allylic oxidation sites excluding steroid dienone is 6. The van der Waals surface area contributed by atoms with Gasteiger partial charge in [0.15, 0.2) is 18.7 Å². The maximum absolute atomic E-state index is 13.0. The van der Waals surface area contributed by atoms with Gasteiger partial charge in [-0.15, -0.1) is 0 Å². The molecule has 2 aliphatic heterocycles. The summed E-state index contributed by atoms with van der Waals surface area (Å²) in [6, 6.07) is 0. The van der Waals surface area contributed by atoms with Crippen LogP contribution in [0.5, 0.6) is 0 Å². The Balaban J connectivity index is 1.82. The second-order valence-electron chi connectivity index (χ2n) is 17.3. The number of ether oxygens (including phenoxy) is 6. The third kappa shape index (κ3) is 25.0. The molecule has 7 N–H and O–H groups in total. The number of carbonyl (C=O) groups excluding carboxylic acids is 2. The SMILES string of the molecule is CCC/C=C\CCCCCCCC(=O)OCC(COC1OC(COC2OC(CO)C(O)C(O)C2O)C(O)C(O)C1O)OC(=O)CCCCCCCCC/C=C\C/C=C\CCCCCC. The van der Waals surface area contributed by atoms with Crippen LogP contribution in [0.1, 0.15) is 168 Å². The Morgan fingerprint density at radius 3 is 1.53 bits per heavy atom. The summed E-state index contributed by atoms with van der Waals surface area (Å²) >= 11 is 0. The van der Waals surface area contributed by atoms with Crippen LogP contribution in [-0.2, 0) is 38.0 Å². The number of rotatable bonds is 37. The summed E-state index contributed by atoms with van der Waals surface area (Å²) in [6.45, 7) is 2.48. The monoisotopic (exact) mass is 915 g/mol. The van der Waals surface area contributed by atoms with Crippen molar-refractivity contribution in [1.29, 1.82) is 0 Å². The van der Waals surface area contributed by atoms with E-state index in [0.717, 1.165) is 89.9 Å². The van der Waals surface area contributed by atoms with Crippen LogP contribution in [0.2, 0.25) is 0 Å². The van der Waals surface area contributed by atoms with Crippen LogP contribution in [0.25, 0.3) is 0 Å². The summed E-state index contributed by atoms with van der Waals surface area (Å²) < 4.78 is 33.5. The minimum Gasteiger partial charge on any atom is -0.462 e. The zero-order valence-corrected chi connectivity index (χ0v) is 39.0. The van der Waals surface area contributed by atoms with E-state index in [0.29, 0.717) is 12.8 Å². The first-order valence-electron chi connectivity index (χ1n) is 24.6. The highest BCUT2D eigenvalue weighted by molar-refractivity contribution is 5.70. The molecule has 11 atom stereocenters. The third-order valence-electron chi connectivity index (χ3n) is 11.6. The van der Waals surface area contributed by atoms with Gasteiger partial charge in [-0.3, -0.25) is 9.59 Å². The fraction of sp³-hybridized carbons (Fsp3) is 0.837. The van der Waals surface area contributed by atoms with Gasteiger partial charge in [-0.25, -0.2) is 0 Å². The lowest BCUT2D eigenvalue weighted by molar-refractivity contribution is -0.332. The topological polar surface area (TPSA) is 231 Å². The van der Waals surface area contributed by atoms with Crippen LogP contribution in [0.4, 0.5) is 0 Å². The maximum Gasteiger partial charge on any atom is 0.306 e. The standard InChI is InChI=1S/C49H86O15/c1-3-5-7-9-11-13-15-16-17-18-19-20-21-22-24-26-28-30-32-41(52)62-37(34-59-40(51)31-29-27-25-23-14-12-10-8-6-4-2)35-60-48-47(58)45(56)43(54)39(64-48)36-61-49-46(57)44(55)42(53)38(33-50)63-49/h8,10,13,15,17-18,37-39,42-50,53-58H,3-7,9,11-12,14,16,19-36H2,1-2H3/b10-8-,15-13-,18-17-. The van der Waals surface area contributed by atoms with Gasteiger partial charge in [0.25, 0.3) is 0 Å².